The van der Waals surface area contributed by atoms with Crippen molar-refractivity contribution in [2.24, 2.45) is 0 Å². The molecule has 5 aromatic rings. The van der Waals surface area contributed by atoms with Crippen molar-refractivity contribution >= 4 is 0 Å². The fourth-order valence-electron chi connectivity index (χ4n) is 8.56. The predicted molar refractivity (Wildman–Crippen MR) is 212 cm³/mol. The molecule has 4 aliphatic rings. The van der Waals surface area contributed by atoms with Crippen LogP contribution in [-0.4, -0.2) is 68.4 Å². The van der Waals surface area contributed by atoms with Crippen LogP contribution in [0.5, 0.6) is 40.2 Å². The molecule has 4 aliphatic heterocycles. The number of fused-ring (bicyclic) bond motifs is 2. The van der Waals surface area contributed by atoms with Crippen LogP contribution in [0.1, 0.15) is 62.3 Å². The first kappa shape index (κ1) is 36.8. The van der Waals surface area contributed by atoms with Crippen LogP contribution in [0.3, 0.4) is 0 Å². The highest BCUT2D eigenvalue weighted by Gasteiger charge is 2.37. The van der Waals surface area contributed by atoms with E-state index in [2.05, 4.69) is 70.6 Å². The molecule has 0 saturated carbocycles. The molecule has 2 atom stereocenters. The number of rotatable bonds is 8. The minimum Gasteiger partial charge on any atom is -0.493 e. The molecule has 0 spiro atoms. The van der Waals surface area contributed by atoms with E-state index in [0.717, 1.165) is 66.0 Å². The minimum atomic E-state index is -0.153. The van der Waals surface area contributed by atoms with E-state index in [0.29, 0.717) is 54.0 Å². The van der Waals surface area contributed by atoms with Crippen LogP contribution in [0, 0.1) is 0 Å². The Morgan fingerprint density at radius 3 is 2.29 bits per heavy atom. The van der Waals surface area contributed by atoms with E-state index in [1.807, 2.05) is 42.6 Å². The fourth-order valence-corrected chi connectivity index (χ4v) is 8.56. The maximum absolute atomic E-state index is 10.8. The Bertz CT molecular complexity index is 2160. The average molecular weight is 743 g/mol. The van der Waals surface area contributed by atoms with Gasteiger partial charge in [0.05, 0.1) is 33.6 Å². The molecule has 0 saturated heterocycles. The number of hydrogen-bond donors (Lipinski definition) is 2. The smallest absolute Gasteiger partial charge is 0.204 e. The summed E-state index contributed by atoms with van der Waals surface area (Å²) >= 11 is 0. The van der Waals surface area contributed by atoms with Gasteiger partial charge in [-0.2, -0.15) is 0 Å². The van der Waals surface area contributed by atoms with Crippen molar-refractivity contribution in [3.8, 4) is 40.2 Å². The number of nitrogens with one attached hydrogen (secondary N) is 1. The summed E-state index contributed by atoms with van der Waals surface area (Å²) in [4.78, 5) is 9.32. The summed E-state index contributed by atoms with van der Waals surface area (Å²) < 4.78 is 32.0. The number of methoxy groups -OCH3 is 3. The second kappa shape index (κ2) is 15.9. The number of aliphatic hydroxyl groups excluding tert-OH is 1. The molecule has 0 amide bonds. The first-order chi connectivity index (χ1) is 26.9. The molecule has 0 radical (unpaired) electrons. The average Bonchev–Trinajstić information content (AvgIpc) is 3.21. The zero-order chi connectivity index (χ0) is 38.1. The van der Waals surface area contributed by atoms with Crippen LogP contribution in [0.4, 0.5) is 0 Å². The first-order valence-corrected chi connectivity index (χ1v) is 19.1. The van der Waals surface area contributed by atoms with Gasteiger partial charge in [0.25, 0.3) is 0 Å². The van der Waals surface area contributed by atoms with Crippen molar-refractivity contribution in [1.29, 1.82) is 0 Å². The molecule has 4 aromatic carbocycles. The molecular formula is C45H50N4O6. The van der Waals surface area contributed by atoms with Crippen LogP contribution in [0.15, 0.2) is 79.0 Å². The lowest BCUT2D eigenvalue weighted by Crippen LogP contribution is -2.35. The topological polar surface area (TPSA) is 97.8 Å². The second-order valence-electron chi connectivity index (χ2n) is 14.7. The van der Waals surface area contributed by atoms with E-state index in [4.69, 9.17) is 23.7 Å². The molecule has 10 heteroatoms. The van der Waals surface area contributed by atoms with Gasteiger partial charge in [-0.05, 0) is 116 Å². The number of likely N-dealkylation sites (N-methyl/N-ethyl adjacent to an activating group) is 2. The van der Waals surface area contributed by atoms with Crippen molar-refractivity contribution in [2.75, 3.05) is 48.5 Å². The van der Waals surface area contributed by atoms with E-state index in [9.17, 15) is 5.11 Å². The number of aliphatic hydroxyl groups is 1. The largest absolute Gasteiger partial charge is 0.493 e. The molecule has 0 unspecified atom stereocenters. The Morgan fingerprint density at radius 2 is 1.55 bits per heavy atom. The third-order valence-corrected chi connectivity index (χ3v) is 11.5. The molecule has 55 heavy (non-hydrogen) atoms. The zero-order valence-electron chi connectivity index (χ0n) is 32.4. The van der Waals surface area contributed by atoms with Crippen LogP contribution in [0.25, 0.3) is 0 Å². The number of aromatic nitrogens is 1. The van der Waals surface area contributed by atoms with E-state index < -0.39 is 0 Å². The van der Waals surface area contributed by atoms with Gasteiger partial charge in [0.1, 0.15) is 11.5 Å². The van der Waals surface area contributed by atoms with Crippen LogP contribution in [-0.2, 0) is 45.4 Å². The number of ether oxygens (including phenoxy) is 5. The standard InChI is InChI=1S/C45H50N4O6/c1-48-18-15-30-23-31(27-50)40-24-35(30)37(48)20-28-9-12-33(13-10-28)54-41-22-29(11-14-39(41)51-3)21-38-42-34(16-19-49(38)2)36(26-46-25-32-8-6-7-17-47-32)43(52-4)45(53-5)44(42)55-40/h6-14,17,22-24,37-38,46,50H,15-16,18-21,25-27H2,1-5H3/t37-,38-/m0/s1. The van der Waals surface area contributed by atoms with Gasteiger partial charge in [-0.25, -0.2) is 0 Å². The maximum atomic E-state index is 10.8. The monoisotopic (exact) mass is 742 g/mol. The fraction of sp³-hybridized carbons (Fsp3) is 0.356. The maximum Gasteiger partial charge on any atom is 0.204 e. The third kappa shape index (κ3) is 7.23. The van der Waals surface area contributed by atoms with Gasteiger partial charge in [-0.15, -0.1) is 0 Å². The lowest BCUT2D eigenvalue weighted by atomic mass is 9.84. The molecule has 286 valence electrons. The SMILES string of the molecule is COc1ccc2cc1Oc1ccc(cc1)C[C@H]1c3cc(c(CO)cc3CCN1C)Oc1c(OC)c(OC)c(CNCc3ccccn3)c3c1[C@H](C2)N(C)CC3. The molecule has 1 aromatic heterocycles. The molecular weight excluding hydrogens is 693 g/mol. The first-order valence-electron chi connectivity index (χ1n) is 19.1. The van der Waals surface area contributed by atoms with E-state index in [1.54, 1.807) is 21.3 Å². The Morgan fingerprint density at radius 1 is 0.782 bits per heavy atom. The van der Waals surface area contributed by atoms with Crippen molar-refractivity contribution in [3.05, 3.63) is 129 Å². The van der Waals surface area contributed by atoms with Crippen LogP contribution < -0.4 is 29.0 Å². The summed E-state index contributed by atoms with van der Waals surface area (Å²) in [6.07, 6.45) is 4.96. The number of pyridine rings is 1. The van der Waals surface area contributed by atoms with E-state index >= 15 is 0 Å². The van der Waals surface area contributed by atoms with Gasteiger partial charge in [-0.1, -0.05) is 24.3 Å². The number of nitrogens with zero attached hydrogens (tertiary/aromatic N) is 3. The van der Waals surface area contributed by atoms with E-state index in [1.165, 1.54) is 22.3 Å². The van der Waals surface area contributed by atoms with Gasteiger partial charge >= 0.3 is 0 Å². The third-order valence-electron chi connectivity index (χ3n) is 11.5. The van der Waals surface area contributed by atoms with Crippen LogP contribution in [0.2, 0.25) is 0 Å². The lowest BCUT2D eigenvalue weighted by molar-refractivity contribution is 0.219. The van der Waals surface area contributed by atoms with Crippen molar-refractivity contribution in [1.82, 2.24) is 20.1 Å². The van der Waals surface area contributed by atoms with Crippen molar-refractivity contribution in [3.63, 3.8) is 0 Å². The summed E-state index contributed by atoms with van der Waals surface area (Å²) in [6, 6.07) is 24.8. The van der Waals surface area contributed by atoms with E-state index in [-0.39, 0.29) is 18.7 Å². The molecule has 0 fully saturated rings. The summed E-state index contributed by atoms with van der Waals surface area (Å²) in [6.45, 7) is 2.75. The number of hydrogen-bond acceptors (Lipinski definition) is 10. The highest BCUT2D eigenvalue weighted by atomic mass is 16.5. The molecule has 6 bridgehead atoms. The summed E-state index contributed by atoms with van der Waals surface area (Å²) in [5.41, 5.74) is 9.68. The summed E-state index contributed by atoms with van der Waals surface area (Å²) in [5.74, 6) is 4.48. The van der Waals surface area contributed by atoms with Gasteiger partial charge < -0.3 is 34.1 Å². The van der Waals surface area contributed by atoms with Gasteiger partial charge in [0, 0.05) is 61.1 Å². The Labute approximate surface area is 323 Å². The molecule has 2 N–H and O–H groups in total. The lowest BCUT2D eigenvalue weighted by Gasteiger charge is -2.38. The Balaban J connectivity index is 1.34. The number of benzene rings is 4. The highest BCUT2D eigenvalue weighted by molar-refractivity contribution is 5.67. The summed E-state index contributed by atoms with van der Waals surface area (Å²) in [5, 5.41) is 14.5. The van der Waals surface area contributed by atoms with Gasteiger partial charge in [-0.3, -0.25) is 14.8 Å². The summed E-state index contributed by atoms with van der Waals surface area (Å²) in [7, 11) is 9.38. The molecule has 10 nitrogen and oxygen atoms in total. The van der Waals surface area contributed by atoms with Crippen molar-refractivity contribution in [2.45, 2.75) is 57.5 Å². The molecule has 5 heterocycles. The second-order valence-corrected chi connectivity index (χ2v) is 14.7. The molecule has 0 aliphatic carbocycles. The van der Waals surface area contributed by atoms with Crippen molar-refractivity contribution < 1.29 is 28.8 Å². The highest BCUT2D eigenvalue weighted by Crippen LogP contribution is 2.53. The van der Waals surface area contributed by atoms with Gasteiger partial charge in [0.15, 0.2) is 23.0 Å². The Hall–Kier alpha value is -5.13. The quantitative estimate of drug-likeness (QED) is 0.168. The van der Waals surface area contributed by atoms with Gasteiger partial charge in [0.2, 0.25) is 5.75 Å². The minimum absolute atomic E-state index is 0.0957. The zero-order valence-corrected chi connectivity index (χ0v) is 32.4. The van der Waals surface area contributed by atoms with Crippen LogP contribution >= 0.6 is 0 Å². The predicted octanol–water partition coefficient (Wildman–Crippen LogP) is 7.33. The molecule has 9 rings (SSSR count). The normalized spacial score (nSPS) is 18.0. The Kier molecular flexibility index (Phi) is 10.7.